The van der Waals surface area contributed by atoms with Gasteiger partial charge in [-0.25, -0.2) is 0 Å². The van der Waals surface area contributed by atoms with Crippen LogP contribution in [0, 0.1) is 0 Å². The summed E-state index contributed by atoms with van der Waals surface area (Å²) in [5, 5.41) is 23.1. The van der Waals surface area contributed by atoms with E-state index in [9.17, 15) is 19.8 Å². The maximum atomic E-state index is 12.5. The molecular weight excluding hydrogens is 959 g/mol. The van der Waals surface area contributed by atoms with Crippen LogP contribution >= 0.6 is 0 Å². The van der Waals surface area contributed by atoms with Gasteiger partial charge in [-0.1, -0.05) is 353 Å². The summed E-state index contributed by atoms with van der Waals surface area (Å²) in [6.45, 7) is 4.93. The number of unbranched alkanes of at least 4 members (excludes halogenated alkanes) is 54. The van der Waals surface area contributed by atoms with Crippen molar-refractivity contribution in [3.8, 4) is 0 Å². The molecule has 0 saturated carbocycles. The second-order valence-electron chi connectivity index (χ2n) is 24.6. The van der Waals surface area contributed by atoms with Gasteiger partial charge in [0.2, 0.25) is 5.91 Å². The Balaban J connectivity index is 3.33. The molecule has 0 aliphatic heterocycles. The second-order valence-corrected chi connectivity index (χ2v) is 24.6. The third-order valence-electron chi connectivity index (χ3n) is 16.7. The molecule has 0 aromatic heterocycles. The van der Waals surface area contributed by atoms with Crippen molar-refractivity contribution < 1.29 is 24.5 Å². The number of aliphatic hydroxyl groups excluding tert-OH is 2. The van der Waals surface area contributed by atoms with Gasteiger partial charge in [0.1, 0.15) is 0 Å². The van der Waals surface area contributed by atoms with E-state index in [1.54, 1.807) is 6.08 Å². The van der Waals surface area contributed by atoms with Crippen molar-refractivity contribution in [3.05, 3.63) is 24.3 Å². The summed E-state index contributed by atoms with van der Waals surface area (Å²) in [4.78, 5) is 24.6. The highest BCUT2D eigenvalue weighted by Gasteiger charge is 2.18. The first kappa shape index (κ1) is 76.3. The van der Waals surface area contributed by atoms with Gasteiger partial charge in [0, 0.05) is 12.8 Å². The number of carbonyl (C=O) groups excluding carboxylic acids is 2. The van der Waals surface area contributed by atoms with Gasteiger partial charge in [0.15, 0.2) is 0 Å². The summed E-state index contributed by atoms with van der Waals surface area (Å²) in [6, 6.07) is -0.624. The lowest BCUT2D eigenvalue weighted by atomic mass is 10.0. The minimum absolute atomic E-state index is 0.0171. The van der Waals surface area contributed by atoms with E-state index in [1.165, 1.54) is 327 Å². The van der Waals surface area contributed by atoms with Gasteiger partial charge in [0.05, 0.1) is 25.4 Å². The van der Waals surface area contributed by atoms with E-state index in [4.69, 9.17) is 4.74 Å². The fourth-order valence-corrected chi connectivity index (χ4v) is 11.3. The highest BCUT2D eigenvalue weighted by Crippen LogP contribution is 2.19. The Morgan fingerprint density at radius 2 is 0.603 bits per heavy atom. The average molecular weight is 1100 g/mol. The maximum Gasteiger partial charge on any atom is 0.305 e. The largest absolute Gasteiger partial charge is 0.466 e. The van der Waals surface area contributed by atoms with Crippen molar-refractivity contribution in [2.45, 2.75) is 411 Å². The molecule has 6 nitrogen and oxygen atoms in total. The van der Waals surface area contributed by atoms with Crippen LogP contribution in [-0.4, -0.2) is 47.4 Å². The van der Waals surface area contributed by atoms with Crippen LogP contribution in [0.15, 0.2) is 24.3 Å². The number of hydrogen-bond donors (Lipinski definition) is 3. The molecule has 0 bridgehead atoms. The molecule has 462 valence electrons. The Bertz CT molecular complexity index is 1220. The lowest BCUT2D eigenvalue weighted by Gasteiger charge is -2.20. The molecule has 3 N–H and O–H groups in total. The normalized spacial score (nSPS) is 12.6. The Kier molecular flexibility index (Phi) is 66.4. The highest BCUT2D eigenvalue weighted by molar-refractivity contribution is 5.76. The summed E-state index contributed by atoms with van der Waals surface area (Å²) in [5.41, 5.74) is 0. The molecule has 0 aliphatic rings. The molecule has 0 heterocycles. The molecule has 2 atom stereocenters. The average Bonchev–Trinajstić information content (AvgIpc) is 3.44. The van der Waals surface area contributed by atoms with E-state index in [1.807, 2.05) is 6.08 Å². The van der Waals surface area contributed by atoms with Crippen LogP contribution in [0.1, 0.15) is 399 Å². The fourth-order valence-electron chi connectivity index (χ4n) is 11.3. The van der Waals surface area contributed by atoms with E-state index in [0.29, 0.717) is 19.4 Å². The van der Waals surface area contributed by atoms with Gasteiger partial charge in [-0.3, -0.25) is 9.59 Å². The Hall–Kier alpha value is -1.66. The zero-order valence-corrected chi connectivity index (χ0v) is 52.9. The standard InChI is InChI=1S/C72H139NO5/c1-3-5-7-9-11-13-15-17-19-34-38-42-46-50-54-58-62-66-72(77)78-67-63-59-55-51-47-43-39-36-33-31-29-27-25-23-21-20-22-24-26-28-30-32-35-37-41-45-49-53-57-61-65-71(76)73-69(68-74)70(75)64-60-56-52-48-44-40-18-16-14-12-10-8-6-4-2/h17,19,60,64,69-70,74-75H,3-16,18,20-59,61-63,65-68H2,1-2H3,(H,73,76)/b19-17-,64-60+. The molecule has 0 spiro atoms. The van der Waals surface area contributed by atoms with Crippen molar-refractivity contribution >= 4 is 11.9 Å². The number of nitrogens with one attached hydrogen (secondary N) is 1. The SMILES string of the molecule is CCCCCCCC/C=C\CCCCCCCCCC(=O)OCCCCCCCCCCCCCCCCCCCCCCCCCCCCCCCCC(=O)NC(CO)C(O)/C=C/CCCCCCCCCCCCCC. The summed E-state index contributed by atoms with van der Waals surface area (Å²) >= 11 is 0. The molecule has 1 amide bonds. The minimum atomic E-state index is -0.841. The number of ether oxygens (including phenoxy) is 1. The summed E-state index contributed by atoms with van der Waals surface area (Å²) in [7, 11) is 0. The molecule has 6 heteroatoms. The van der Waals surface area contributed by atoms with Crippen LogP contribution in [0.5, 0.6) is 0 Å². The number of esters is 1. The van der Waals surface area contributed by atoms with Crippen LogP contribution in [-0.2, 0) is 14.3 Å². The first-order valence-corrected chi connectivity index (χ1v) is 35.6. The number of allylic oxidation sites excluding steroid dienone is 3. The molecule has 0 radical (unpaired) electrons. The monoisotopic (exact) mass is 1100 g/mol. The van der Waals surface area contributed by atoms with E-state index in [-0.39, 0.29) is 18.5 Å². The molecule has 0 fully saturated rings. The van der Waals surface area contributed by atoms with E-state index in [0.717, 1.165) is 44.9 Å². The summed E-state index contributed by atoms with van der Waals surface area (Å²) in [6.07, 6.45) is 85.5. The Morgan fingerprint density at radius 3 is 0.910 bits per heavy atom. The van der Waals surface area contributed by atoms with Gasteiger partial charge >= 0.3 is 5.97 Å². The van der Waals surface area contributed by atoms with Crippen LogP contribution in [0.25, 0.3) is 0 Å². The third kappa shape index (κ3) is 63.5. The summed E-state index contributed by atoms with van der Waals surface area (Å²) < 4.78 is 5.50. The van der Waals surface area contributed by atoms with Crippen molar-refractivity contribution in [2.75, 3.05) is 13.2 Å². The molecule has 0 saturated heterocycles. The van der Waals surface area contributed by atoms with Gasteiger partial charge in [-0.15, -0.1) is 0 Å². The van der Waals surface area contributed by atoms with Crippen LogP contribution in [0.2, 0.25) is 0 Å². The van der Waals surface area contributed by atoms with Crippen molar-refractivity contribution in [1.82, 2.24) is 5.32 Å². The Labute approximate surface area is 488 Å². The predicted molar refractivity (Wildman–Crippen MR) is 343 cm³/mol. The van der Waals surface area contributed by atoms with Gasteiger partial charge in [-0.05, 0) is 57.8 Å². The fraction of sp³-hybridized carbons (Fsp3) is 0.917. The zero-order valence-electron chi connectivity index (χ0n) is 52.9. The molecular formula is C72H139NO5. The van der Waals surface area contributed by atoms with Crippen LogP contribution in [0.4, 0.5) is 0 Å². The van der Waals surface area contributed by atoms with Gasteiger partial charge in [0.25, 0.3) is 0 Å². The third-order valence-corrected chi connectivity index (χ3v) is 16.7. The van der Waals surface area contributed by atoms with Crippen molar-refractivity contribution in [2.24, 2.45) is 0 Å². The number of rotatable bonds is 67. The topological polar surface area (TPSA) is 95.9 Å². The van der Waals surface area contributed by atoms with Crippen LogP contribution in [0.3, 0.4) is 0 Å². The van der Waals surface area contributed by atoms with Crippen LogP contribution < -0.4 is 5.32 Å². The highest BCUT2D eigenvalue weighted by atomic mass is 16.5. The first-order chi connectivity index (χ1) is 38.5. The molecule has 0 rings (SSSR count). The predicted octanol–water partition coefficient (Wildman–Crippen LogP) is 22.9. The number of aliphatic hydroxyl groups is 2. The van der Waals surface area contributed by atoms with Crippen molar-refractivity contribution in [3.63, 3.8) is 0 Å². The maximum absolute atomic E-state index is 12.5. The lowest BCUT2D eigenvalue weighted by molar-refractivity contribution is -0.143. The quantitative estimate of drug-likeness (QED) is 0.0320. The smallest absolute Gasteiger partial charge is 0.305 e. The molecule has 2 unspecified atom stereocenters. The number of carbonyl (C=O) groups is 2. The lowest BCUT2D eigenvalue weighted by Crippen LogP contribution is -2.45. The molecule has 0 aromatic carbocycles. The van der Waals surface area contributed by atoms with Gasteiger partial charge in [-0.2, -0.15) is 0 Å². The molecule has 0 aromatic rings. The number of amides is 1. The van der Waals surface area contributed by atoms with E-state index < -0.39 is 12.1 Å². The first-order valence-electron chi connectivity index (χ1n) is 35.6. The molecule has 78 heavy (non-hydrogen) atoms. The van der Waals surface area contributed by atoms with Crippen molar-refractivity contribution in [1.29, 1.82) is 0 Å². The summed E-state index contributed by atoms with van der Waals surface area (Å²) in [5.74, 6) is -0.0449. The van der Waals surface area contributed by atoms with Gasteiger partial charge < -0.3 is 20.3 Å². The molecule has 0 aliphatic carbocycles. The van der Waals surface area contributed by atoms with E-state index in [2.05, 4.69) is 31.3 Å². The number of hydrogen-bond acceptors (Lipinski definition) is 5. The Morgan fingerprint density at radius 1 is 0.346 bits per heavy atom. The minimum Gasteiger partial charge on any atom is -0.466 e. The zero-order chi connectivity index (χ0) is 56.4. The second kappa shape index (κ2) is 67.8. The van der Waals surface area contributed by atoms with E-state index >= 15 is 0 Å².